The summed E-state index contributed by atoms with van der Waals surface area (Å²) in [7, 11) is -3.81. The highest BCUT2D eigenvalue weighted by molar-refractivity contribution is 7.92. The summed E-state index contributed by atoms with van der Waals surface area (Å²) in [5, 5.41) is 7.75. The maximum absolute atomic E-state index is 13.3. The molecule has 0 aliphatic heterocycles. The van der Waals surface area contributed by atoms with Crippen molar-refractivity contribution >= 4 is 50.3 Å². The minimum absolute atomic E-state index is 0.146. The molecule has 0 aliphatic rings. The van der Waals surface area contributed by atoms with Crippen molar-refractivity contribution in [2.75, 3.05) is 41.1 Å². The van der Waals surface area contributed by atoms with Gasteiger partial charge in [-0.25, -0.2) is 8.42 Å². The van der Waals surface area contributed by atoms with Gasteiger partial charge in [-0.15, -0.1) is 0 Å². The predicted octanol–water partition coefficient (Wildman–Crippen LogP) is 4.67. The van der Waals surface area contributed by atoms with Crippen molar-refractivity contribution in [3.63, 3.8) is 0 Å². The summed E-state index contributed by atoms with van der Waals surface area (Å²) >= 11 is 11.8. The van der Waals surface area contributed by atoms with Crippen molar-refractivity contribution in [3.05, 3.63) is 82.8 Å². The fraction of sp³-hybridized carbons (Fsp3) is 0.182. The van der Waals surface area contributed by atoms with Crippen LogP contribution in [0.4, 0.5) is 17.1 Å². The van der Waals surface area contributed by atoms with Gasteiger partial charge in [0.05, 0.1) is 16.3 Å². The minimum Gasteiger partial charge on any atom is -0.383 e. The SMILES string of the molecule is NCCN(c1ccccc1NCCNc1ccc(Cl)cc1)S(=O)(=O)c1ccc(Cl)cc1. The van der Waals surface area contributed by atoms with Crippen LogP contribution in [0.2, 0.25) is 10.0 Å². The number of sulfonamides is 1. The van der Waals surface area contributed by atoms with Crippen LogP contribution in [0.15, 0.2) is 77.7 Å². The maximum atomic E-state index is 13.3. The summed E-state index contributed by atoms with van der Waals surface area (Å²) in [5.41, 5.74) is 7.94. The fourth-order valence-electron chi connectivity index (χ4n) is 3.03. The molecule has 0 bridgehead atoms. The van der Waals surface area contributed by atoms with Gasteiger partial charge in [0.2, 0.25) is 0 Å². The third-order valence-electron chi connectivity index (χ3n) is 4.52. The molecule has 0 aromatic heterocycles. The average Bonchev–Trinajstić information content (AvgIpc) is 2.77. The van der Waals surface area contributed by atoms with Crippen LogP contribution in [0.25, 0.3) is 0 Å². The van der Waals surface area contributed by atoms with Gasteiger partial charge in [0.1, 0.15) is 0 Å². The summed E-state index contributed by atoms with van der Waals surface area (Å²) in [6.07, 6.45) is 0. The van der Waals surface area contributed by atoms with Gasteiger partial charge in [0, 0.05) is 41.9 Å². The second-order valence-electron chi connectivity index (χ2n) is 6.70. The van der Waals surface area contributed by atoms with E-state index in [1.165, 1.54) is 16.4 Å². The quantitative estimate of drug-likeness (QED) is 0.368. The van der Waals surface area contributed by atoms with Crippen LogP contribution in [-0.4, -0.2) is 34.6 Å². The van der Waals surface area contributed by atoms with Crippen molar-refractivity contribution in [3.8, 4) is 0 Å². The number of nitrogens with two attached hydrogens (primary N) is 1. The lowest BCUT2D eigenvalue weighted by Crippen LogP contribution is -2.36. The van der Waals surface area contributed by atoms with E-state index in [1.54, 1.807) is 24.3 Å². The number of para-hydroxylation sites is 2. The van der Waals surface area contributed by atoms with Gasteiger partial charge in [0.25, 0.3) is 10.0 Å². The third-order valence-corrected chi connectivity index (χ3v) is 6.85. The Morgan fingerprint density at radius 2 is 1.39 bits per heavy atom. The van der Waals surface area contributed by atoms with Gasteiger partial charge in [0.15, 0.2) is 0 Å². The molecule has 3 aromatic rings. The summed E-state index contributed by atoms with van der Waals surface area (Å²) in [4.78, 5) is 0.157. The first-order valence-electron chi connectivity index (χ1n) is 9.72. The van der Waals surface area contributed by atoms with Gasteiger partial charge < -0.3 is 16.4 Å². The Morgan fingerprint density at radius 3 is 2.03 bits per heavy atom. The minimum atomic E-state index is -3.81. The number of hydrogen-bond donors (Lipinski definition) is 3. The standard InChI is InChI=1S/C22H24Cl2N4O2S/c23-17-5-9-19(10-6-17)26-14-15-27-21-3-1-2-4-22(21)28(16-13-25)31(29,30)20-11-7-18(24)8-12-20/h1-12,26-27H,13-16,25H2. The zero-order valence-electron chi connectivity index (χ0n) is 16.8. The molecule has 6 nitrogen and oxygen atoms in total. The number of nitrogens with one attached hydrogen (secondary N) is 2. The van der Waals surface area contributed by atoms with Crippen LogP contribution >= 0.6 is 23.2 Å². The first kappa shape index (κ1) is 23.2. The Labute approximate surface area is 193 Å². The molecule has 31 heavy (non-hydrogen) atoms. The Kier molecular flexibility index (Phi) is 8.03. The summed E-state index contributed by atoms with van der Waals surface area (Å²) < 4.78 is 27.9. The summed E-state index contributed by atoms with van der Waals surface area (Å²) in [5.74, 6) is 0. The van der Waals surface area contributed by atoms with Crippen molar-refractivity contribution < 1.29 is 8.42 Å². The van der Waals surface area contributed by atoms with Crippen molar-refractivity contribution in [2.45, 2.75) is 4.90 Å². The Bertz CT molecular complexity index is 1090. The first-order chi connectivity index (χ1) is 14.9. The largest absolute Gasteiger partial charge is 0.383 e. The molecule has 0 atom stereocenters. The van der Waals surface area contributed by atoms with E-state index < -0.39 is 10.0 Å². The summed E-state index contributed by atoms with van der Waals surface area (Å²) in [6.45, 7) is 1.54. The molecule has 0 heterocycles. The number of benzene rings is 3. The molecule has 3 rings (SSSR count). The van der Waals surface area contributed by atoms with Crippen LogP contribution in [-0.2, 0) is 10.0 Å². The predicted molar refractivity (Wildman–Crippen MR) is 130 cm³/mol. The molecule has 3 aromatic carbocycles. The Hall–Kier alpha value is -2.45. The maximum Gasteiger partial charge on any atom is 0.264 e. The van der Waals surface area contributed by atoms with Crippen molar-refractivity contribution in [2.24, 2.45) is 5.73 Å². The second-order valence-corrected chi connectivity index (χ2v) is 9.43. The number of hydrogen-bond acceptors (Lipinski definition) is 5. The lowest BCUT2D eigenvalue weighted by atomic mass is 10.2. The Morgan fingerprint density at radius 1 is 0.806 bits per heavy atom. The molecular formula is C22H24Cl2N4O2S. The number of halogens is 2. The third kappa shape index (κ3) is 6.04. The first-order valence-corrected chi connectivity index (χ1v) is 11.9. The lowest BCUT2D eigenvalue weighted by Gasteiger charge is -2.26. The van der Waals surface area contributed by atoms with Gasteiger partial charge in [-0.2, -0.15) is 0 Å². The topological polar surface area (TPSA) is 87.5 Å². The number of nitrogens with zero attached hydrogens (tertiary/aromatic N) is 1. The molecule has 164 valence electrons. The van der Waals surface area contributed by atoms with Crippen LogP contribution in [0.5, 0.6) is 0 Å². The van der Waals surface area contributed by atoms with Crippen molar-refractivity contribution in [1.82, 2.24) is 0 Å². The molecular weight excluding hydrogens is 455 g/mol. The highest BCUT2D eigenvalue weighted by Gasteiger charge is 2.26. The van der Waals surface area contributed by atoms with E-state index in [2.05, 4.69) is 10.6 Å². The second kappa shape index (κ2) is 10.7. The highest BCUT2D eigenvalue weighted by Crippen LogP contribution is 2.30. The molecule has 4 N–H and O–H groups in total. The molecule has 0 unspecified atom stereocenters. The van der Waals surface area contributed by atoms with E-state index in [0.29, 0.717) is 34.5 Å². The van der Waals surface area contributed by atoms with Gasteiger partial charge in [-0.05, 0) is 60.7 Å². The normalized spacial score (nSPS) is 11.2. The van der Waals surface area contributed by atoms with Crippen LogP contribution in [0.1, 0.15) is 0 Å². The Balaban J connectivity index is 1.76. The fourth-order valence-corrected chi connectivity index (χ4v) is 4.78. The van der Waals surface area contributed by atoms with Crippen LogP contribution in [0, 0.1) is 0 Å². The molecule has 0 fully saturated rings. The van der Waals surface area contributed by atoms with Crippen LogP contribution in [0.3, 0.4) is 0 Å². The molecule has 0 amide bonds. The van der Waals surface area contributed by atoms with E-state index in [0.717, 1.165) is 5.69 Å². The molecule has 0 saturated heterocycles. The zero-order valence-corrected chi connectivity index (χ0v) is 19.1. The van der Waals surface area contributed by atoms with Gasteiger partial charge >= 0.3 is 0 Å². The van der Waals surface area contributed by atoms with E-state index in [9.17, 15) is 8.42 Å². The molecule has 0 spiro atoms. The van der Waals surface area contributed by atoms with E-state index in [4.69, 9.17) is 28.9 Å². The monoisotopic (exact) mass is 478 g/mol. The van der Waals surface area contributed by atoms with Gasteiger partial charge in [-0.1, -0.05) is 35.3 Å². The van der Waals surface area contributed by atoms with Crippen LogP contribution < -0.4 is 20.7 Å². The summed E-state index contributed by atoms with van der Waals surface area (Å²) in [6, 6.07) is 20.8. The van der Waals surface area contributed by atoms with E-state index in [-0.39, 0.29) is 18.0 Å². The number of rotatable bonds is 10. The van der Waals surface area contributed by atoms with Gasteiger partial charge in [-0.3, -0.25) is 4.31 Å². The molecule has 0 aliphatic carbocycles. The lowest BCUT2D eigenvalue weighted by molar-refractivity contribution is 0.591. The average molecular weight is 479 g/mol. The molecule has 9 heteroatoms. The number of anilines is 3. The van der Waals surface area contributed by atoms with Crippen molar-refractivity contribution in [1.29, 1.82) is 0 Å². The highest BCUT2D eigenvalue weighted by atomic mass is 35.5. The zero-order chi connectivity index (χ0) is 22.3. The van der Waals surface area contributed by atoms with E-state index in [1.807, 2.05) is 36.4 Å². The molecule has 0 radical (unpaired) electrons. The molecule has 0 saturated carbocycles. The van der Waals surface area contributed by atoms with E-state index >= 15 is 0 Å². The smallest absolute Gasteiger partial charge is 0.264 e.